The minimum atomic E-state index is -0.896. The number of rotatable bonds is 5. The smallest absolute Gasteiger partial charge is 0.305 e. The van der Waals surface area contributed by atoms with Crippen molar-refractivity contribution in [1.82, 2.24) is 5.32 Å². The van der Waals surface area contributed by atoms with Crippen LogP contribution >= 0.6 is 11.6 Å². The lowest BCUT2D eigenvalue weighted by Crippen LogP contribution is -2.38. The zero-order valence-corrected chi connectivity index (χ0v) is 11.4. The van der Waals surface area contributed by atoms with Crippen molar-refractivity contribution in [1.29, 1.82) is 0 Å². The Bertz CT molecular complexity index is 511. The van der Waals surface area contributed by atoms with Gasteiger partial charge in [-0.05, 0) is 37.3 Å². The molecule has 0 heterocycles. The quantitative estimate of drug-likeness (QED) is 0.872. The van der Waals surface area contributed by atoms with E-state index in [9.17, 15) is 9.59 Å². The van der Waals surface area contributed by atoms with Gasteiger partial charge >= 0.3 is 5.97 Å². The van der Waals surface area contributed by atoms with Crippen LogP contribution in [0.15, 0.2) is 18.2 Å². The molecule has 19 heavy (non-hydrogen) atoms. The monoisotopic (exact) mass is 281 g/mol. The normalized spacial score (nSPS) is 15.9. The lowest BCUT2D eigenvalue weighted by molar-refractivity contribution is -0.137. The van der Waals surface area contributed by atoms with E-state index in [4.69, 9.17) is 16.7 Å². The third kappa shape index (κ3) is 3.47. The van der Waals surface area contributed by atoms with Crippen LogP contribution in [0, 0.1) is 12.8 Å². The molecule has 1 fully saturated rings. The fourth-order valence-electron chi connectivity index (χ4n) is 2.09. The van der Waals surface area contributed by atoms with Gasteiger partial charge in [0.2, 0.25) is 0 Å². The minimum Gasteiger partial charge on any atom is -0.481 e. The molecule has 1 aromatic carbocycles. The molecule has 102 valence electrons. The van der Waals surface area contributed by atoms with Crippen molar-refractivity contribution in [3.05, 3.63) is 34.3 Å². The molecule has 5 heteroatoms. The van der Waals surface area contributed by atoms with Crippen molar-refractivity contribution < 1.29 is 14.7 Å². The second kappa shape index (κ2) is 5.61. The Balaban J connectivity index is 2.10. The summed E-state index contributed by atoms with van der Waals surface area (Å²) in [5, 5.41) is 12.1. The first-order chi connectivity index (χ1) is 8.99. The number of aryl methyl sites for hydroxylation is 1. The van der Waals surface area contributed by atoms with Crippen LogP contribution in [0.2, 0.25) is 5.02 Å². The Kier molecular flexibility index (Phi) is 4.10. The van der Waals surface area contributed by atoms with E-state index in [1.165, 1.54) is 0 Å². The summed E-state index contributed by atoms with van der Waals surface area (Å²) < 4.78 is 0. The van der Waals surface area contributed by atoms with E-state index in [1.54, 1.807) is 12.1 Å². The van der Waals surface area contributed by atoms with E-state index in [0.29, 0.717) is 10.6 Å². The maximum absolute atomic E-state index is 12.2. The molecule has 0 spiro atoms. The van der Waals surface area contributed by atoms with Gasteiger partial charge in [0.25, 0.3) is 5.91 Å². The van der Waals surface area contributed by atoms with Gasteiger partial charge in [0.05, 0.1) is 17.0 Å². The summed E-state index contributed by atoms with van der Waals surface area (Å²) in [6, 6.07) is 4.94. The van der Waals surface area contributed by atoms with Crippen LogP contribution in [0.4, 0.5) is 0 Å². The van der Waals surface area contributed by atoms with Crippen molar-refractivity contribution >= 4 is 23.5 Å². The van der Waals surface area contributed by atoms with Crippen LogP contribution < -0.4 is 5.32 Å². The first kappa shape index (κ1) is 13.9. The topological polar surface area (TPSA) is 66.4 Å². The Morgan fingerprint density at radius 3 is 2.74 bits per heavy atom. The van der Waals surface area contributed by atoms with Crippen LogP contribution in [0.25, 0.3) is 0 Å². The summed E-state index contributed by atoms with van der Waals surface area (Å²) in [5.41, 5.74) is 1.23. The van der Waals surface area contributed by atoms with Crippen molar-refractivity contribution in [3.8, 4) is 0 Å². The molecule has 0 radical (unpaired) electrons. The highest BCUT2D eigenvalue weighted by molar-refractivity contribution is 6.34. The zero-order valence-electron chi connectivity index (χ0n) is 10.6. The maximum atomic E-state index is 12.2. The number of halogens is 1. The standard InChI is InChI=1S/C14H16ClNO3/c1-8-3-2-4-10(13(8)15)14(19)16-11(7-12(17)18)9-5-6-9/h2-4,9,11H,5-7H2,1H3,(H,16,19)(H,17,18). The minimum absolute atomic E-state index is 0.0418. The molecule has 1 saturated carbocycles. The lowest BCUT2D eigenvalue weighted by Gasteiger charge is -2.17. The van der Waals surface area contributed by atoms with Gasteiger partial charge in [-0.1, -0.05) is 23.7 Å². The molecule has 4 nitrogen and oxygen atoms in total. The van der Waals surface area contributed by atoms with E-state index in [-0.39, 0.29) is 24.3 Å². The Labute approximate surface area is 116 Å². The van der Waals surface area contributed by atoms with Crippen molar-refractivity contribution in [2.45, 2.75) is 32.2 Å². The van der Waals surface area contributed by atoms with E-state index in [2.05, 4.69) is 5.32 Å². The molecule has 2 N–H and O–H groups in total. The molecule has 2 rings (SSSR count). The molecule has 0 bridgehead atoms. The summed E-state index contributed by atoms with van der Waals surface area (Å²) in [4.78, 5) is 23.0. The second-order valence-corrected chi connectivity index (χ2v) is 5.33. The van der Waals surface area contributed by atoms with Gasteiger partial charge < -0.3 is 10.4 Å². The summed E-state index contributed by atoms with van der Waals surface area (Å²) >= 11 is 6.10. The number of aliphatic carboxylic acids is 1. The van der Waals surface area contributed by atoms with Gasteiger partial charge in [-0.25, -0.2) is 0 Å². The van der Waals surface area contributed by atoms with Gasteiger partial charge in [-0.15, -0.1) is 0 Å². The third-order valence-corrected chi connectivity index (χ3v) is 3.84. The number of carbonyl (C=O) groups is 2. The molecule has 0 aliphatic heterocycles. The zero-order chi connectivity index (χ0) is 14.0. The van der Waals surface area contributed by atoms with Crippen LogP contribution in [0.1, 0.15) is 35.2 Å². The van der Waals surface area contributed by atoms with Crippen molar-refractivity contribution in [2.24, 2.45) is 5.92 Å². The van der Waals surface area contributed by atoms with Gasteiger partial charge in [-0.2, -0.15) is 0 Å². The van der Waals surface area contributed by atoms with E-state index in [0.717, 1.165) is 18.4 Å². The van der Waals surface area contributed by atoms with Crippen LogP contribution in [0.3, 0.4) is 0 Å². The Morgan fingerprint density at radius 2 is 2.16 bits per heavy atom. The molecule has 1 amide bonds. The molecule has 1 aliphatic carbocycles. The number of amides is 1. The van der Waals surface area contributed by atoms with E-state index in [1.807, 2.05) is 13.0 Å². The number of carboxylic acids is 1. The predicted molar refractivity (Wildman–Crippen MR) is 72.4 cm³/mol. The molecular weight excluding hydrogens is 266 g/mol. The largest absolute Gasteiger partial charge is 0.481 e. The highest BCUT2D eigenvalue weighted by Gasteiger charge is 2.34. The second-order valence-electron chi connectivity index (χ2n) is 4.95. The molecule has 1 atom stereocenters. The molecular formula is C14H16ClNO3. The third-order valence-electron chi connectivity index (χ3n) is 3.34. The number of carbonyl (C=O) groups excluding carboxylic acids is 1. The van der Waals surface area contributed by atoms with Crippen molar-refractivity contribution in [3.63, 3.8) is 0 Å². The molecule has 0 aromatic heterocycles. The van der Waals surface area contributed by atoms with Crippen LogP contribution in [-0.2, 0) is 4.79 Å². The van der Waals surface area contributed by atoms with Gasteiger partial charge in [0.15, 0.2) is 0 Å². The number of nitrogens with one attached hydrogen (secondary N) is 1. The van der Waals surface area contributed by atoms with Gasteiger partial charge in [0, 0.05) is 6.04 Å². The Hall–Kier alpha value is -1.55. The average Bonchev–Trinajstić information content (AvgIpc) is 3.15. The lowest BCUT2D eigenvalue weighted by atomic mass is 10.1. The Morgan fingerprint density at radius 1 is 1.47 bits per heavy atom. The summed E-state index contributed by atoms with van der Waals surface area (Å²) in [5.74, 6) is -0.914. The number of carboxylic acid groups (broad SMARTS) is 1. The van der Waals surface area contributed by atoms with Crippen LogP contribution in [0.5, 0.6) is 0 Å². The summed E-state index contributed by atoms with van der Waals surface area (Å²) in [7, 11) is 0. The number of hydrogen-bond donors (Lipinski definition) is 2. The van der Waals surface area contributed by atoms with Gasteiger partial charge in [-0.3, -0.25) is 9.59 Å². The molecule has 1 aliphatic rings. The van der Waals surface area contributed by atoms with Crippen LogP contribution in [-0.4, -0.2) is 23.0 Å². The fourth-order valence-corrected chi connectivity index (χ4v) is 2.30. The fraction of sp³-hybridized carbons (Fsp3) is 0.429. The highest BCUT2D eigenvalue weighted by Crippen LogP contribution is 2.34. The number of hydrogen-bond acceptors (Lipinski definition) is 2. The SMILES string of the molecule is Cc1cccc(C(=O)NC(CC(=O)O)C2CC2)c1Cl. The number of benzene rings is 1. The van der Waals surface area contributed by atoms with E-state index < -0.39 is 5.97 Å². The highest BCUT2D eigenvalue weighted by atomic mass is 35.5. The summed E-state index contributed by atoms with van der Waals surface area (Å²) in [6.07, 6.45) is 1.90. The average molecular weight is 282 g/mol. The van der Waals surface area contributed by atoms with Gasteiger partial charge in [0.1, 0.15) is 0 Å². The maximum Gasteiger partial charge on any atom is 0.305 e. The summed E-state index contributed by atoms with van der Waals surface area (Å²) in [6.45, 7) is 1.83. The van der Waals surface area contributed by atoms with E-state index >= 15 is 0 Å². The predicted octanol–water partition coefficient (Wildman–Crippen LogP) is 2.63. The first-order valence-electron chi connectivity index (χ1n) is 6.27. The van der Waals surface area contributed by atoms with Crippen molar-refractivity contribution in [2.75, 3.05) is 0 Å². The first-order valence-corrected chi connectivity index (χ1v) is 6.64. The molecule has 1 unspecified atom stereocenters. The molecule has 0 saturated heterocycles. The molecule has 1 aromatic rings.